The van der Waals surface area contributed by atoms with Crippen LogP contribution in [0.1, 0.15) is 63.1 Å². The predicted octanol–water partition coefficient (Wildman–Crippen LogP) is 2.95. The highest BCUT2D eigenvalue weighted by Crippen LogP contribution is 2.24. The normalized spacial score (nSPS) is 16.5. The number of hydroxylamine groups is 2. The first-order valence-electron chi connectivity index (χ1n) is 9.96. The van der Waals surface area contributed by atoms with Crippen molar-refractivity contribution in [1.82, 2.24) is 20.6 Å². The van der Waals surface area contributed by atoms with E-state index in [-0.39, 0.29) is 29.4 Å². The maximum absolute atomic E-state index is 12.9. The zero-order chi connectivity index (χ0) is 20.5. The van der Waals surface area contributed by atoms with Crippen LogP contribution in [-0.4, -0.2) is 59.4 Å². The molecular weight excluding hydrogens is 380 g/mol. The summed E-state index contributed by atoms with van der Waals surface area (Å²) in [6.45, 7) is 4.73. The number of Topliss-reactive ketones (excluding diaryl/α,β-unsaturated/α-hetero) is 1. The third-order valence-electron chi connectivity index (χ3n) is 4.88. The zero-order valence-electron chi connectivity index (χ0n) is 17.3. The molecule has 2 rings (SSSR count). The summed E-state index contributed by atoms with van der Waals surface area (Å²) >= 11 is 1.36. The number of ketones is 1. The monoisotopic (exact) mass is 412 g/mol. The number of thioether (sulfide) groups is 1. The van der Waals surface area contributed by atoms with E-state index in [0.717, 1.165) is 25.7 Å². The first-order valence-corrected chi connectivity index (χ1v) is 11.0. The molecule has 1 fully saturated rings. The number of nitrogens with zero attached hydrogens (tertiary/aromatic N) is 3. The molecule has 0 bridgehead atoms. The zero-order valence-corrected chi connectivity index (χ0v) is 18.1. The van der Waals surface area contributed by atoms with E-state index in [2.05, 4.69) is 15.5 Å². The molecule has 28 heavy (non-hydrogen) atoms. The van der Waals surface area contributed by atoms with Gasteiger partial charge in [-0.05, 0) is 25.2 Å². The van der Waals surface area contributed by atoms with E-state index in [0.29, 0.717) is 23.9 Å². The van der Waals surface area contributed by atoms with Crippen LogP contribution >= 0.6 is 11.8 Å². The molecule has 9 heteroatoms. The SMILES string of the molecule is CON(C)CCSc1nnc(C(=O)C(CC(C)C)NC(=O)C2CCCCC2)o1. The van der Waals surface area contributed by atoms with Crippen molar-refractivity contribution >= 4 is 23.5 Å². The van der Waals surface area contributed by atoms with Crippen molar-refractivity contribution in [1.29, 1.82) is 0 Å². The Morgan fingerprint density at radius 2 is 2.00 bits per heavy atom. The first kappa shape index (κ1) is 22.8. The Balaban J connectivity index is 1.96. The van der Waals surface area contributed by atoms with Gasteiger partial charge in [0.1, 0.15) is 0 Å². The highest BCUT2D eigenvalue weighted by molar-refractivity contribution is 7.99. The van der Waals surface area contributed by atoms with Crippen molar-refractivity contribution in [2.75, 3.05) is 26.5 Å². The van der Waals surface area contributed by atoms with E-state index in [1.54, 1.807) is 12.2 Å². The third-order valence-corrected chi connectivity index (χ3v) is 5.68. The average molecular weight is 413 g/mol. The van der Waals surface area contributed by atoms with Gasteiger partial charge in [-0.1, -0.05) is 44.9 Å². The van der Waals surface area contributed by atoms with Gasteiger partial charge in [0.05, 0.1) is 13.2 Å². The lowest BCUT2D eigenvalue weighted by Crippen LogP contribution is -2.45. The largest absolute Gasteiger partial charge is 0.408 e. The molecule has 158 valence electrons. The lowest BCUT2D eigenvalue weighted by atomic mass is 9.88. The topological polar surface area (TPSA) is 97.6 Å². The lowest BCUT2D eigenvalue weighted by Gasteiger charge is -2.24. The van der Waals surface area contributed by atoms with Crippen LogP contribution in [0.5, 0.6) is 0 Å². The average Bonchev–Trinajstić information content (AvgIpc) is 3.15. The van der Waals surface area contributed by atoms with E-state index in [9.17, 15) is 9.59 Å². The van der Waals surface area contributed by atoms with Crippen LogP contribution in [0.25, 0.3) is 0 Å². The summed E-state index contributed by atoms with van der Waals surface area (Å²) in [6, 6.07) is -0.632. The van der Waals surface area contributed by atoms with Crippen molar-refractivity contribution in [2.45, 2.75) is 63.6 Å². The number of aromatic nitrogens is 2. The van der Waals surface area contributed by atoms with E-state index in [4.69, 9.17) is 9.25 Å². The number of carbonyl (C=O) groups excluding carboxylic acids is 2. The third kappa shape index (κ3) is 7.18. The second kappa shape index (κ2) is 11.5. The van der Waals surface area contributed by atoms with Gasteiger partial charge in [-0.15, -0.1) is 10.2 Å². The second-order valence-electron chi connectivity index (χ2n) is 7.65. The molecule has 0 spiro atoms. The van der Waals surface area contributed by atoms with Crippen LogP contribution in [0.2, 0.25) is 0 Å². The van der Waals surface area contributed by atoms with Crippen molar-refractivity contribution in [2.24, 2.45) is 11.8 Å². The van der Waals surface area contributed by atoms with Gasteiger partial charge in [0.2, 0.25) is 11.7 Å². The molecule has 1 aliphatic carbocycles. The number of rotatable bonds is 11. The Labute approximate surface area is 171 Å². The number of carbonyl (C=O) groups is 2. The van der Waals surface area contributed by atoms with Gasteiger partial charge in [0.15, 0.2) is 0 Å². The second-order valence-corrected chi connectivity index (χ2v) is 8.69. The van der Waals surface area contributed by atoms with Gasteiger partial charge in [0, 0.05) is 25.3 Å². The molecule has 1 saturated carbocycles. The van der Waals surface area contributed by atoms with Crippen LogP contribution < -0.4 is 5.32 Å². The van der Waals surface area contributed by atoms with Crippen molar-refractivity contribution in [3.05, 3.63) is 5.89 Å². The molecule has 1 aromatic rings. The van der Waals surface area contributed by atoms with Gasteiger partial charge in [-0.3, -0.25) is 9.59 Å². The van der Waals surface area contributed by atoms with Crippen LogP contribution in [0.3, 0.4) is 0 Å². The molecule has 0 radical (unpaired) electrons. The Kier molecular flexibility index (Phi) is 9.40. The summed E-state index contributed by atoms with van der Waals surface area (Å²) in [5.41, 5.74) is 0. The molecule has 1 aliphatic rings. The van der Waals surface area contributed by atoms with Crippen molar-refractivity contribution in [3.63, 3.8) is 0 Å². The first-order chi connectivity index (χ1) is 13.4. The number of amides is 1. The number of hydrogen-bond donors (Lipinski definition) is 1. The molecule has 1 N–H and O–H groups in total. The molecule has 0 saturated heterocycles. The number of hydrogen-bond acceptors (Lipinski definition) is 8. The summed E-state index contributed by atoms with van der Waals surface area (Å²) < 4.78 is 5.53. The van der Waals surface area contributed by atoms with Gasteiger partial charge in [-0.2, -0.15) is 5.06 Å². The van der Waals surface area contributed by atoms with Crippen molar-refractivity contribution in [3.8, 4) is 0 Å². The van der Waals surface area contributed by atoms with Gasteiger partial charge in [-0.25, -0.2) is 0 Å². The van der Waals surface area contributed by atoms with Gasteiger partial charge in [0.25, 0.3) is 11.1 Å². The van der Waals surface area contributed by atoms with Gasteiger partial charge < -0.3 is 14.6 Å². The Hall–Kier alpha value is -1.45. The fourth-order valence-electron chi connectivity index (χ4n) is 3.23. The molecule has 1 atom stereocenters. The highest BCUT2D eigenvalue weighted by Gasteiger charge is 2.30. The minimum Gasteiger partial charge on any atom is -0.408 e. The Bertz CT molecular complexity index is 631. The van der Waals surface area contributed by atoms with E-state index in [1.165, 1.54) is 18.2 Å². The van der Waals surface area contributed by atoms with Crippen LogP contribution in [-0.2, 0) is 9.63 Å². The minimum absolute atomic E-state index is 0.00258. The van der Waals surface area contributed by atoms with Crippen molar-refractivity contribution < 1.29 is 18.8 Å². The molecular formula is C19H32N4O4S. The summed E-state index contributed by atoms with van der Waals surface area (Å²) in [4.78, 5) is 30.6. The molecule has 1 unspecified atom stereocenters. The van der Waals surface area contributed by atoms with E-state index >= 15 is 0 Å². The molecule has 1 amide bonds. The highest BCUT2D eigenvalue weighted by atomic mass is 32.2. The summed E-state index contributed by atoms with van der Waals surface area (Å²) in [5.74, 6) is 0.553. The quantitative estimate of drug-likeness (QED) is 0.337. The van der Waals surface area contributed by atoms with E-state index in [1.807, 2.05) is 20.9 Å². The fourth-order valence-corrected chi connectivity index (χ4v) is 3.99. The van der Waals surface area contributed by atoms with E-state index < -0.39 is 6.04 Å². The molecule has 1 heterocycles. The molecule has 0 aliphatic heterocycles. The number of nitrogens with one attached hydrogen (secondary N) is 1. The van der Waals surface area contributed by atoms with Crippen LogP contribution in [0.4, 0.5) is 0 Å². The maximum atomic E-state index is 12.9. The van der Waals surface area contributed by atoms with Gasteiger partial charge >= 0.3 is 0 Å². The lowest BCUT2D eigenvalue weighted by molar-refractivity contribution is -0.126. The van der Waals surface area contributed by atoms with Crippen LogP contribution in [0.15, 0.2) is 9.64 Å². The molecule has 8 nitrogen and oxygen atoms in total. The van der Waals surface area contributed by atoms with Crippen LogP contribution in [0, 0.1) is 11.8 Å². The fraction of sp³-hybridized carbons (Fsp3) is 0.789. The summed E-state index contributed by atoms with van der Waals surface area (Å²) in [5, 5.41) is 12.8. The molecule has 0 aromatic carbocycles. The molecule has 1 aromatic heterocycles. The Morgan fingerprint density at radius 1 is 1.29 bits per heavy atom. The Morgan fingerprint density at radius 3 is 2.64 bits per heavy atom. The summed E-state index contributed by atoms with van der Waals surface area (Å²) in [6.07, 6.45) is 5.66. The standard InChI is InChI=1S/C19H32N4O4S/c1-13(2)12-15(20-17(25)14-8-6-5-7-9-14)16(24)18-21-22-19(27-18)28-11-10-23(3)26-4/h13-15H,5-12H2,1-4H3,(H,20,25). The minimum atomic E-state index is -0.632. The summed E-state index contributed by atoms with van der Waals surface area (Å²) in [7, 11) is 3.43. The smallest absolute Gasteiger partial charge is 0.286 e. The predicted molar refractivity (Wildman–Crippen MR) is 107 cm³/mol. The maximum Gasteiger partial charge on any atom is 0.286 e.